The Morgan fingerprint density at radius 2 is 2.07 bits per heavy atom. The van der Waals surface area contributed by atoms with Crippen molar-refractivity contribution in [3.63, 3.8) is 0 Å². The van der Waals surface area contributed by atoms with Crippen molar-refractivity contribution in [2.75, 3.05) is 5.32 Å². The number of nitriles is 1. The van der Waals surface area contributed by atoms with E-state index < -0.39 is 23.5 Å². The molecule has 6 nitrogen and oxygen atoms in total. The second-order valence-corrected chi connectivity index (χ2v) is 8.31. The van der Waals surface area contributed by atoms with Crippen molar-refractivity contribution in [2.24, 2.45) is 5.92 Å². The molecule has 1 amide bonds. The third-order valence-corrected chi connectivity index (χ3v) is 4.53. The van der Waals surface area contributed by atoms with Gasteiger partial charge in [-0.3, -0.25) is 4.90 Å². The first-order valence-electron chi connectivity index (χ1n) is 8.97. The number of hydrogen-bond donors (Lipinski definition) is 2. The Balaban J connectivity index is 3.34. The summed E-state index contributed by atoms with van der Waals surface area (Å²) in [5.74, 6) is -0.538. The van der Waals surface area contributed by atoms with E-state index in [0.29, 0.717) is 12.8 Å². The van der Waals surface area contributed by atoms with Gasteiger partial charge in [0.05, 0.1) is 11.6 Å². The third-order valence-electron chi connectivity index (χ3n) is 4.24. The van der Waals surface area contributed by atoms with Gasteiger partial charge in [0.25, 0.3) is 0 Å². The van der Waals surface area contributed by atoms with Gasteiger partial charge in [-0.2, -0.15) is 5.26 Å². The molecule has 0 aliphatic rings. The number of amides is 1. The normalized spacial score (nSPS) is 13.8. The largest absolute Gasteiger partial charge is 0.465 e. The minimum Gasteiger partial charge on any atom is -0.465 e. The quantitative estimate of drug-likeness (QED) is 0.621. The molecule has 2 atom stereocenters. The Hall–Kier alpha value is -2.07. The van der Waals surface area contributed by atoms with Crippen molar-refractivity contribution >= 4 is 23.5 Å². The maximum Gasteiger partial charge on any atom is 0.408 e. The molecule has 2 N–H and O–H groups in total. The zero-order valence-corrected chi connectivity index (χ0v) is 17.4. The highest BCUT2D eigenvalue weighted by Gasteiger charge is 2.37. The maximum absolute atomic E-state index is 14.4. The minimum absolute atomic E-state index is 0.0472. The molecule has 0 aliphatic heterocycles. The number of pyridine rings is 1. The van der Waals surface area contributed by atoms with Gasteiger partial charge in [0.1, 0.15) is 11.2 Å². The Bertz CT molecular complexity index is 713. The lowest BCUT2D eigenvalue weighted by Crippen LogP contribution is -2.57. The molecule has 27 heavy (non-hydrogen) atoms. The highest BCUT2D eigenvalue weighted by Crippen LogP contribution is 2.28. The van der Waals surface area contributed by atoms with Crippen molar-refractivity contribution in [2.45, 2.75) is 72.0 Å². The van der Waals surface area contributed by atoms with Crippen LogP contribution in [-0.2, 0) is 0 Å². The Morgan fingerprint density at radius 1 is 1.48 bits per heavy atom. The molecule has 150 valence electrons. The average Bonchev–Trinajstić information content (AvgIpc) is 2.52. The molecule has 1 rings (SSSR count). The van der Waals surface area contributed by atoms with Crippen LogP contribution in [0.15, 0.2) is 6.07 Å². The summed E-state index contributed by atoms with van der Waals surface area (Å²) in [5.41, 5.74) is -0.674. The zero-order valence-electron chi connectivity index (χ0n) is 16.7. The van der Waals surface area contributed by atoms with Crippen LogP contribution in [0, 0.1) is 23.1 Å². The standard InChI is InChI=1S/C19H28ClFN4O2/c1-7-15(25(18(26)27)19(4,5)6)14(8-11(2)3)23-17-13(21)9-12(10-22)16(20)24-17/h9,11,14-15H,7-8H2,1-6H3,(H,23,24)(H,26,27)/t14-,15+/m1/s1. The van der Waals surface area contributed by atoms with Gasteiger partial charge in [-0.1, -0.05) is 32.4 Å². The number of carbonyl (C=O) groups is 1. The van der Waals surface area contributed by atoms with Crippen LogP contribution in [0.2, 0.25) is 5.15 Å². The Labute approximate surface area is 165 Å². The average molecular weight is 399 g/mol. The van der Waals surface area contributed by atoms with Crippen LogP contribution in [-0.4, -0.2) is 38.7 Å². The number of nitrogens with one attached hydrogen (secondary N) is 1. The first-order chi connectivity index (χ1) is 12.4. The lowest BCUT2D eigenvalue weighted by Gasteiger charge is -2.43. The van der Waals surface area contributed by atoms with Crippen LogP contribution in [0.25, 0.3) is 0 Å². The summed E-state index contributed by atoms with van der Waals surface area (Å²) in [7, 11) is 0. The van der Waals surface area contributed by atoms with Gasteiger partial charge >= 0.3 is 6.09 Å². The predicted octanol–water partition coefficient (Wildman–Crippen LogP) is 5.13. The second-order valence-electron chi connectivity index (χ2n) is 7.95. The van der Waals surface area contributed by atoms with E-state index in [2.05, 4.69) is 10.3 Å². The number of halogens is 2. The zero-order chi connectivity index (χ0) is 20.9. The van der Waals surface area contributed by atoms with Crippen LogP contribution in [0.3, 0.4) is 0 Å². The summed E-state index contributed by atoms with van der Waals surface area (Å²) in [6, 6.07) is 2.04. The van der Waals surface area contributed by atoms with E-state index in [-0.39, 0.29) is 28.5 Å². The SMILES string of the molecule is CC[C@@H]([C@@H](CC(C)C)Nc1nc(Cl)c(C#N)cc1F)N(C(=O)O)C(C)(C)C. The number of hydrogen-bond acceptors (Lipinski definition) is 4. The molecular formula is C19H28ClFN4O2. The van der Waals surface area contributed by atoms with Crippen LogP contribution in [0.4, 0.5) is 15.0 Å². The molecule has 0 spiro atoms. The number of carboxylic acid groups (broad SMARTS) is 1. The summed E-state index contributed by atoms with van der Waals surface area (Å²) in [6.45, 7) is 11.4. The molecule has 0 saturated carbocycles. The van der Waals surface area contributed by atoms with Gasteiger partial charge in [0, 0.05) is 11.6 Å². The topological polar surface area (TPSA) is 89.3 Å². The van der Waals surface area contributed by atoms with Gasteiger partial charge in [-0.15, -0.1) is 0 Å². The minimum atomic E-state index is -1.03. The van der Waals surface area contributed by atoms with Gasteiger partial charge in [0.2, 0.25) is 0 Å². The highest BCUT2D eigenvalue weighted by atomic mass is 35.5. The molecule has 0 saturated heterocycles. The maximum atomic E-state index is 14.4. The van der Waals surface area contributed by atoms with E-state index in [9.17, 15) is 14.3 Å². The van der Waals surface area contributed by atoms with E-state index in [0.717, 1.165) is 6.07 Å². The van der Waals surface area contributed by atoms with E-state index in [1.54, 1.807) is 6.07 Å². The summed E-state index contributed by atoms with van der Waals surface area (Å²) < 4.78 is 14.4. The van der Waals surface area contributed by atoms with E-state index in [4.69, 9.17) is 16.9 Å². The molecular weight excluding hydrogens is 371 g/mol. The lowest BCUT2D eigenvalue weighted by atomic mass is 9.91. The number of rotatable bonds is 7. The fraction of sp³-hybridized carbons (Fsp3) is 0.632. The molecule has 0 aliphatic carbocycles. The van der Waals surface area contributed by atoms with Gasteiger partial charge in [-0.05, 0) is 45.6 Å². The van der Waals surface area contributed by atoms with E-state index in [1.165, 1.54) is 4.90 Å². The highest BCUT2D eigenvalue weighted by molar-refractivity contribution is 6.30. The molecule has 1 heterocycles. The third kappa shape index (κ3) is 5.96. The fourth-order valence-corrected chi connectivity index (χ4v) is 3.40. The second kappa shape index (κ2) is 9.23. The molecule has 1 aromatic rings. The van der Waals surface area contributed by atoms with E-state index in [1.807, 2.05) is 41.5 Å². The molecule has 1 aromatic heterocycles. The number of anilines is 1. The van der Waals surface area contributed by atoms with Crippen molar-refractivity contribution in [1.29, 1.82) is 5.26 Å². The van der Waals surface area contributed by atoms with Gasteiger partial charge in [0.15, 0.2) is 11.6 Å². The Kier molecular flexibility index (Phi) is 7.85. The number of nitrogens with zero attached hydrogens (tertiary/aromatic N) is 3. The summed E-state index contributed by atoms with van der Waals surface area (Å²) in [6.07, 6.45) is 0.118. The van der Waals surface area contributed by atoms with Gasteiger partial charge in [-0.25, -0.2) is 14.2 Å². The van der Waals surface area contributed by atoms with Gasteiger partial charge < -0.3 is 10.4 Å². The first kappa shape index (κ1) is 23.0. The van der Waals surface area contributed by atoms with Crippen LogP contribution in [0.1, 0.15) is 59.9 Å². The summed E-state index contributed by atoms with van der Waals surface area (Å²) in [4.78, 5) is 17.3. The first-order valence-corrected chi connectivity index (χ1v) is 9.35. The molecule has 0 bridgehead atoms. The monoisotopic (exact) mass is 398 g/mol. The summed E-state index contributed by atoms with van der Waals surface area (Å²) >= 11 is 5.94. The predicted molar refractivity (Wildman–Crippen MR) is 104 cm³/mol. The van der Waals surface area contributed by atoms with Crippen molar-refractivity contribution < 1.29 is 14.3 Å². The van der Waals surface area contributed by atoms with Crippen LogP contribution in [0.5, 0.6) is 0 Å². The van der Waals surface area contributed by atoms with Crippen molar-refractivity contribution in [3.8, 4) is 6.07 Å². The molecule has 0 fully saturated rings. The van der Waals surface area contributed by atoms with Crippen molar-refractivity contribution in [3.05, 3.63) is 22.6 Å². The molecule has 0 aromatic carbocycles. The number of aromatic nitrogens is 1. The summed E-state index contributed by atoms with van der Waals surface area (Å²) in [5, 5.41) is 21.7. The van der Waals surface area contributed by atoms with Crippen LogP contribution < -0.4 is 5.32 Å². The molecule has 0 unspecified atom stereocenters. The van der Waals surface area contributed by atoms with Crippen LogP contribution >= 0.6 is 11.6 Å². The smallest absolute Gasteiger partial charge is 0.408 e. The molecule has 0 radical (unpaired) electrons. The van der Waals surface area contributed by atoms with E-state index >= 15 is 0 Å². The Morgan fingerprint density at radius 3 is 2.48 bits per heavy atom. The lowest BCUT2D eigenvalue weighted by molar-refractivity contribution is 0.0594. The van der Waals surface area contributed by atoms with Crippen molar-refractivity contribution in [1.82, 2.24) is 9.88 Å². The molecule has 8 heteroatoms. The fourth-order valence-electron chi connectivity index (χ4n) is 3.22.